The largest absolute Gasteiger partial charge is 0.320 e. The van der Waals surface area contributed by atoms with Gasteiger partial charge in [-0.05, 0) is 60.3 Å². The SMILES string of the molecule is NC(c1cc(Br)c(Br)s1)c1ccc(Br)c2ccccc12. The van der Waals surface area contributed by atoms with E-state index in [-0.39, 0.29) is 6.04 Å². The highest BCUT2D eigenvalue weighted by Crippen LogP contribution is 2.39. The van der Waals surface area contributed by atoms with E-state index < -0.39 is 0 Å². The molecule has 1 aromatic heterocycles. The zero-order valence-electron chi connectivity index (χ0n) is 10.2. The molecule has 0 spiro atoms. The van der Waals surface area contributed by atoms with Gasteiger partial charge in [0.1, 0.15) is 0 Å². The zero-order valence-corrected chi connectivity index (χ0v) is 15.8. The molecule has 102 valence electrons. The Labute approximate surface area is 146 Å². The Morgan fingerprint density at radius 3 is 2.25 bits per heavy atom. The number of hydrogen-bond donors (Lipinski definition) is 1. The Morgan fingerprint density at radius 1 is 0.900 bits per heavy atom. The van der Waals surface area contributed by atoms with Crippen molar-refractivity contribution in [2.75, 3.05) is 0 Å². The number of rotatable bonds is 2. The van der Waals surface area contributed by atoms with Crippen LogP contribution in [0.25, 0.3) is 10.8 Å². The molecule has 3 aromatic rings. The number of fused-ring (bicyclic) bond motifs is 1. The van der Waals surface area contributed by atoms with E-state index in [2.05, 4.69) is 78.1 Å². The highest BCUT2D eigenvalue weighted by Gasteiger charge is 2.16. The van der Waals surface area contributed by atoms with Crippen molar-refractivity contribution < 1.29 is 0 Å². The Kier molecular flexibility index (Phi) is 4.34. The maximum absolute atomic E-state index is 6.47. The van der Waals surface area contributed by atoms with Gasteiger partial charge < -0.3 is 5.73 Å². The molecule has 0 fully saturated rings. The van der Waals surface area contributed by atoms with Gasteiger partial charge in [0, 0.05) is 13.8 Å². The van der Waals surface area contributed by atoms with Crippen molar-refractivity contribution in [1.82, 2.24) is 0 Å². The van der Waals surface area contributed by atoms with Crippen LogP contribution in [-0.4, -0.2) is 0 Å². The number of halogens is 3. The molecule has 1 heterocycles. The molecule has 20 heavy (non-hydrogen) atoms. The van der Waals surface area contributed by atoms with Gasteiger partial charge in [-0.1, -0.05) is 46.3 Å². The molecule has 0 saturated heterocycles. The van der Waals surface area contributed by atoms with Crippen molar-refractivity contribution >= 4 is 69.9 Å². The number of hydrogen-bond acceptors (Lipinski definition) is 2. The fraction of sp³-hybridized carbons (Fsp3) is 0.0667. The Hall–Kier alpha value is -0.200. The van der Waals surface area contributed by atoms with Crippen molar-refractivity contribution in [2.24, 2.45) is 5.73 Å². The minimum Gasteiger partial charge on any atom is -0.320 e. The van der Waals surface area contributed by atoms with Gasteiger partial charge in [0.2, 0.25) is 0 Å². The van der Waals surface area contributed by atoms with Crippen LogP contribution in [0.4, 0.5) is 0 Å². The summed E-state index contributed by atoms with van der Waals surface area (Å²) in [5, 5.41) is 2.38. The van der Waals surface area contributed by atoms with Gasteiger partial charge in [0.25, 0.3) is 0 Å². The van der Waals surface area contributed by atoms with Crippen LogP contribution in [0.15, 0.2) is 55.2 Å². The lowest BCUT2D eigenvalue weighted by atomic mass is 9.98. The first-order valence-corrected chi connectivity index (χ1v) is 9.15. The normalized spacial score (nSPS) is 12.8. The van der Waals surface area contributed by atoms with Gasteiger partial charge in [-0.15, -0.1) is 11.3 Å². The van der Waals surface area contributed by atoms with Crippen molar-refractivity contribution in [1.29, 1.82) is 0 Å². The zero-order chi connectivity index (χ0) is 14.3. The van der Waals surface area contributed by atoms with E-state index in [9.17, 15) is 0 Å². The second-order valence-corrected chi connectivity index (χ2v) is 8.54. The average molecular weight is 476 g/mol. The third-order valence-electron chi connectivity index (χ3n) is 3.21. The van der Waals surface area contributed by atoms with Crippen LogP contribution < -0.4 is 5.73 Å². The summed E-state index contributed by atoms with van der Waals surface area (Å²) < 4.78 is 3.22. The van der Waals surface area contributed by atoms with Gasteiger partial charge in [0.15, 0.2) is 0 Å². The Morgan fingerprint density at radius 2 is 1.60 bits per heavy atom. The van der Waals surface area contributed by atoms with Crippen LogP contribution in [0.2, 0.25) is 0 Å². The van der Waals surface area contributed by atoms with Crippen molar-refractivity contribution in [3.8, 4) is 0 Å². The van der Waals surface area contributed by atoms with Gasteiger partial charge in [-0.2, -0.15) is 0 Å². The molecule has 1 unspecified atom stereocenters. The molecule has 0 saturated carbocycles. The molecular weight excluding hydrogens is 466 g/mol. The minimum absolute atomic E-state index is 0.124. The summed E-state index contributed by atoms with van der Waals surface area (Å²) in [5.41, 5.74) is 7.61. The Bertz CT molecular complexity index is 762. The average Bonchev–Trinajstić information content (AvgIpc) is 2.79. The summed E-state index contributed by atoms with van der Waals surface area (Å²) in [6, 6.07) is 14.4. The van der Waals surface area contributed by atoms with E-state index in [0.717, 1.165) is 23.2 Å². The van der Waals surface area contributed by atoms with Crippen LogP contribution in [0, 0.1) is 0 Å². The maximum atomic E-state index is 6.47. The summed E-state index contributed by atoms with van der Waals surface area (Å²) in [6.07, 6.45) is 0. The molecule has 0 bridgehead atoms. The van der Waals surface area contributed by atoms with Crippen molar-refractivity contribution in [3.05, 3.63) is 65.6 Å². The summed E-state index contributed by atoms with van der Waals surface area (Å²) in [5.74, 6) is 0. The van der Waals surface area contributed by atoms with E-state index >= 15 is 0 Å². The number of nitrogens with two attached hydrogens (primary N) is 1. The van der Waals surface area contributed by atoms with Crippen LogP contribution >= 0.6 is 59.1 Å². The highest BCUT2D eigenvalue weighted by atomic mass is 79.9. The van der Waals surface area contributed by atoms with E-state index in [0.29, 0.717) is 0 Å². The predicted molar refractivity (Wildman–Crippen MR) is 97.4 cm³/mol. The molecule has 5 heteroatoms. The summed E-state index contributed by atoms with van der Waals surface area (Å²) in [6.45, 7) is 0. The first kappa shape index (κ1) is 14.7. The maximum Gasteiger partial charge on any atom is 0.0843 e. The lowest BCUT2D eigenvalue weighted by molar-refractivity contribution is 0.903. The third kappa shape index (κ3) is 2.62. The molecule has 3 rings (SSSR count). The van der Waals surface area contributed by atoms with Crippen LogP contribution in [0.1, 0.15) is 16.5 Å². The monoisotopic (exact) mass is 473 g/mol. The Balaban J connectivity index is 2.17. The molecular formula is C15H10Br3NS. The first-order chi connectivity index (χ1) is 9.58. The molecule has 2 N–H and O–H groups in total. The lowest BCUT2D eigenvalue weighted by Crippen LogP contribution is -2.10. The second kappa shape index (κ2) is 5.89. The predicted octanol–water partition coefficient (Wildman–Crippen LogP) is 6.24. The molecule has 1 nitrogen and oxygen atoms in total. The minimum atomic E-state index is -0.124. The summed E-state index contributed by atoms with van der Waals surface area (Å²) in [4.78, 5) is 1.14. The quantitative estimate of drug-likeness (QED) is 0.466. The van der Waals surface area contributed by atoms with Crippen molar-refractivity contribution in [2.45, 2.75) is 6.04 Å². The van der Waals surface area contributed by atoms with E-state index in [4.69, 9.17) is 5.73 Å². The van der Waals surface area contributed by atoms with Gasteiger partial charge in [-0.25, -0.2) is 0 Å². The topological polar surface area (TPSA) is 26.0 Å². The third-order valence-corrected chi connectivity index (χ3v) is 7.24. The summed E-state index contributed by atoms with van der Waals surface area (Å²) in [7, 11) is 0. The van der Waals surface area contributed by atoms with E-state index in [1.807, 2.05) is 12.1 Å². The van der Waals surface area contributed by atoms with Crippen molar-refractivity contribution in [3.63, 3.8) is 0 Å². The van der Waals surface area contributed by atoms with Gasteiger partial charge >= 0.3 is 0 Å². The second-order valence-electron chi connectivity index (χ2n) is 4.43. The smallest absolute Gasteiger partial charge is 0.0843 e. The molecule has 0 amide bonds. The fourth-order valence-electron chi connectivity index (χ4n) is 2.23. The lowest BCUT2D eigenvalue weighted by Gasteiger charge is -2.14. The van der Waals surface area contributed by atoms with Crippen LogP contribution in [-0.2, 0) is 0 Å². The first-order valence-electron chi connectivity index (χ1n) is 5.95. The molecule has 0 radical (unpaired) electrons. The summed E-state index contributed by atoms with van der Waals surface area (Å²) >= 11 is 12.3. The standard InChI is InChI=1S/C15H10Br3NS/c16-11-6-5-10(8-3-1-2-4-9(8)11)14(19)13-7-12(17)15(18)20-13/h1-7,14H,19H2. The van der Waals surface area contributed by atoms with Crippen LogP contribution in [0.5, 0.6) is 0 Å². The van der Waals surface area contributed by atoms with E-state index in [1.54, 1.807) is 11.3 Å². The van der Waals surface area contributed by atoms with Gasteiger partial charge in [0.05, 0.1) is 9.83 Å². The molecule has 2 aromatic carbocycles. The highest BCUT2D eigenvalue weighted by molar-refractivity contribution is 9.13. The molecule has 0 aliphatic rings. The molecule has 0 aliphatic carbocycles. The van der Waals surface area contributed by atoms with E-state index in [1.165, 1.54) is 10.8 Å². The van der Waals surface area contributed by atoms with Gasteiger partial charge in [-0.3, -0.25) is 0 Å². The fourth-order valence-corrected chi connectivity index (χ4v) is 4.81. The molecule has 1 atom stereocenters. The molecule has 0 aliphatic heterocycles. The number of thiophene rings is 1. The number of benzene rings is 2. The van der Waals surface area contributed by atoms with Crippen LogP contribution in [0.3, 0.4) is 0 Å².